The predicted molar refractivity (Wildman–Crippen MR) is 119 cm³/mol. The highest BCUT2D eigenvalue weighted by Crippen LogP contribution is 2.37. The second-order valence-electron chi connectivity index (χ2n) is 8.29. The van der Waals surface area contributed by atoms with Crippen LogP contribution in [-0.4, -0.2) is 89.7 Å². The molecule has 0 saturated carbocycles. The Labute approximate surface area is 212 Å². The largest absolute Gasteiger partial charge is 0.479 e. The van der Waals surface area contributed by atoms with Crippen molar-refractivity contribution in [1.82, 2.24) is 5.32 Å². The van der Waals surface area contributed by atoms with Crippen LogP contribution < -0.4 is 5.32 Å². The van der Waals surface area contributed by atoms with Gasteiger partial charge in [0.2, 0.25) is 5.91 Å². The lowest BCUT2D eigenvalue weighted by Crippen LogP contribution is -2.72. The molecule has 2 N–H and O–H groups in total. The Morgan fingerprint density at radius 2 is 1.65 bits per heavy atom. The number of halogens is 1. The molecule has 1 aliphatic heterocycles. The minimum Gasteiger partial charge on any atom is -0.479 e. The van der Waals surface area contributed by atoms with Crippen molar-refractivity contribution in [2.24, 2.45) is 0 Å². The first-order chi connectivity index (χ1) is 17.1. The van der Waals surface area contributed by atoms with Crippen LogP contribution in [0.15, 0.2) is 0 Å². The zero-order chi connectivity index (χ0) is 28.5. The summed E-state index contributed by atoms with van der Waals surface area (Å²) in [5.41, 5.74) is -2.69. The van der Waals surface area contributed by atoms with Crippen molar-refractivity contribution in [3.05, 3.63) is 0 Å². The van der Waals surface area contributed by atoms with E-state index in [-0.39, 0.29) is 12.8 Å². The number of rotatable bonds is 11. The minimum atomic E-state index is -2.69. The third kappa shape index (κ3) is 8.71. The van der Waals surface area contributed by atoms with Gasteiger partial charge in [-0.25, -0.2) is 9.18 Å². The molecule has 14 heteroatoms. The summed E-state index contributed by atoms with van der Waals surface area (Å²) in [6.45, 7) is 4.09. The lowest BCUT2D eigenvalue weighted by molar-refractivity contribution is -0.256. The van der Waals surface area contributed by atoms with Crippen LogP contribution in [0.25, 0.3) is 0 Å². The van der Waals surface area contributed by atoms with Crippen molar-refractivity contribution in [2.75, 3.05) is 6.61 Å². The van der Waals surface area contributed by atoms with Crippen molar-refractivity contribution in [3.63, 3.8) is 0 Å². The lowest BCUT2D eigenvalue weighted by atomic mass is 9.82. The summed E-state index contributed by atoms with van der Waals surface area (Å²) in [7, 11) is 0. The molecule has 0 radical (unpaired) electrons. The Bertz CT molecular complexity index is 947. The smallest absolute Gasteiger partial charge is 0.338 e. The average Bonchev–Trinajstić information content (AvgIpc) is 2.77. The van der Waals surface area contributed by atoms with E-state index < -0.39 is 84.6 Å². The lowest BCUT2D eigenvalue weighted by Gasteiger charge is -2.49. The Balaban J connectivity index is 3.74. The summed E-state index contributed by atoms with van der Waals surface area (Å²) in [6, 6.07) is -1.67. The maximum Gasteiger partial charge on any atom is 0.338 e. The summed E-state index contributed by atoms with van der Waals surface area (Å²) in [5.74, 6) is -4.06. The normalized spacial score (nSPS) is 26.4. The van der Waals surface area contributed by atoms with E-state index in [1.54, 1.807) is 0 Å². The van der Waals surface area contributed by atoms with E-state index in [0.29, 0.717) is 0 Å². The predicted octanol–water partition coefficient (Wildman–Crippen LogP) is -0.177. The quantitative estimate of drug-likeness (QED) is 0.204. The SMILES string of the molecule is C#CCCC(=O)NC1C(C(OC(C)=O)C(COC(C)=O)OC(C)=O)OC(C)(C(=O)O)C(F)C1OC(C)=O. The number of hydrogen-bond donors (Lipinski definition) is 2. The van der Waals surface area contributed by atoms with Crippen molar-refractivity contribution in [1.29, 1.82) is 0 Å². The third-order valence-corrected chi connectivity index (χ3v) is 5.21. The van der Waals surface area contributed by atoms with Gasteiger partial charge in [0, 0.05) is 40.5 Å². The molecule has 7 atom stereocenters. The van der Waals surface area contributed by atoms with Crippen LogP contribution in [0, 0.1) is 12.3 Å². The summed E-state index contributed by atoms with van der Waals surface area (Å²) >= 11 is 0. The fourth-order valence-corrected chi connectivity index (χ4v) is 3.63. The summed E-state index contributed by atoms with van der Waals surface area (Å²) in [4.78, 5) is 71.6. The van der Waals surface area contributed by atoms with Gasteiger partial charge in [-0.2, -0.15) is 0 Å². The molecule has 1 fully saturated rings. The first kappa shape index (κ1) is 31.3. The van der Waals surface area contributed by atoms with Crippen molar-refractivity contribution >= 4 is 35.8 Å². The fraction of sp³-hybridized carbons (Fsp3) is 0.652. The van der Waals surface area contributed by atoms with Gasteiger partial charge in [-0.3, -0.25) is 24.0 Å². The van der Waals surface area contributed by atoms with Gasteiger partial charge in [0.05, 0.1) is 6.04 Å². The Morgan fingerprint density at radius 3 is 2.11 bits per heavy atom. The summed E-state index contributed by atoms with van der Waals surface area (Å²) < 4.78 is 41.5. The molecule has 206 valence electrons. The van der Waals surface area contributed by atoms with E-state index in [1.807, 2.05) is 0 Å². The Hall–Kier alpha value is -3.73. The molecule has 0 aromatic carbocycles. The highest BCUT2D eigenvalue weighted by atomic mass is 19.1. The van der Waals surface area contributed by atoms with Gasteiger partial charge in [-0.05, 0) is 6.92 Å². The molecule has 7 unspecified atom stereocenters. The van der Waals surface area contributed by atoms with Crippen molar-refractivity contribution in [3.8, 4) is 12.3 Å². The number of hydrogen-bond acceptors (Lipinski definition) is 11. The van der Waals surface area contributed by atoms with Crippen LogP contribution in [0.4, 0.5) is 4.39 Å². The Kier molecular flexibility index (Phi) is 11.5. The number of terminal acetylenes is 1. The number of ether oxygens (including phenoxy) is 5. The number of nitrogens with one attached hydrogen (secondary N) is 1. The van der Waals surface area contributed by atoms with Crippen molar-refractivity contribution in [2.45, 2.75) is 89.7 Å². The molecule has 1 aliphatic rings. The number of carbonyl (C=O) groups excluding carboxylic acids is 5. The molecule has 0 spiro atoms. The van der Waals surface area contributed by atoms with E-state index in [2.05, 4.69) is 11.2 Å². The summed E-state index contributed by atoms with van der Waals surface area (Å²) in [5, 5.41) is 12.2. The zero-order valence-electron chi connectivity index (χ0n) is 21.0. The van der Waals surface area contributed by atoms with E-state index >= 15 is 4.39 Å². The van der Waals surface area contributed by atoms with Crippen LogP contribution in [0.2, 0.25) is 0 Å². The van der Waals surface area contributed by atoms with E-state index in [1.165, 1.54) is 0 Å². The van der Waals surface area contributed by atoms with Crippen molar-refractivity contribution < 1.29 is 61.9 Å². The average molecular weight is 531 g/mol. The second-order valence-corrected chi connectivity index (χ2v) is 8.29. The molecule has 1 saturated heterocycles. The van der Waals surface area contributed by atoms with Crippen LogP contribution in [0.1, 0.15) is 47.5 Å². The number of alkyl halides is 1. The van der Waals surface area contributed by atoms with Gasteiger partial charge in [0.25, 0.3) is 0 Å². The number of esters is 4. The highest BCUT2D eigenvalue weighted by molar-refractivity contribution is 5.79. The van der Waals surface area contributed by atoms with Crippen LogP contribution in [-0.2, 0) is 52.5 Å². The molecule has 0 aromatic heterocycles. The molecular weight excluding hydrogens is 501 g/mol. The standard InChI is InChI=1S/C23H30FNO12/c1-7-8-9-16(30)25-17-19(37-23(6,22(31)32)21(24)20(17)36-14(5)29)18(35-13(4)28)15(34-12(3)27)10-33-11(2)26/h1,15,17-21H,8-10H2,2-6H3,(H,25,30)(H,31,32). The fourth-order valence-electron chi connectivity index (χ4n) is 3.63. The van der Waals surface area contributed by atoms with Gasteiger partial charge in [0.1, 0.15) is 12.7 Å². The van der Waals surface area contributed by atoms with Crippen LogP contribution in [0.3, 0.4) is 0 Å². The molecule has 37 heavy (non-hydrogen) atoms. The number of carboxylic acid groups (broad SMARTS) is 1. The first-order valence-corrected chi connectivity index (χ1v) is 11.1. The number of carboxylic acids is 1. The number of amides is 1. The molecule has 1 rings (SSSR count). The van der Waals surface area contributed by atoms with Crippen LogP contribution in [0.5, 0.6) is 0 Å². The number of aliphatic carboxylic acids is 1. The van der Waals surface area contributed by atoms with E-state index in [4.69, 9.17) is 30.1 Å². The molecule has 0 bridgehead atoms. The monoisotopic (exact) mass is 531 g/mol. The molecular formula is C23H30FNO12. The molecule has 1 amide bonds. The maximum absolute atomic E-state index is 15.6. The maximum atomic E-state index is 15.6. The topological polar surface area (TPSA) is 181 Å². The highest BCUT2D eigenvalue weighted by Gasteiger charge is 2.62. The third-order valence-electron chi connectivity index (χ3n) is 5.21. The zero-order valence-corrected chi connectivity index (χ0v) is 21.0. The van der Waals surface area contributed by atoms with Crippen LogP contribution >= 0.6 is 0 Å². The van der Waals surface area contributed by atoms with Gasteiger partial charge in [-0.15, -0.1) is 12.3 Å². The van der Waals surface area contributed by atoms with Gasteiger partial charge in [0.15, 0.2) is 30.1 Å². The van der Waals surface area contributed by atoms with E-state index in [9.17, 15) is 33.9 Å². The summed E-state index contributed by atoms with van der Waals surface area (Å²) in [6.07, 6.45) is -4.77. The molecule has 1 heterocycles. The Morgan fingerprint density at radius 1 is 1.05 bits per heavy atom. The molecule has 0 aliphatic carbocycles. The molecule has 0 aromatic rings. The molecule has 13 nitrogen and oxygen atoms in total. The van der Waals surface area contributed by atoms with E-state index in [0.717, 1.165) is 34.6 Å². The minimum absolute atomic E-state index is 0.0237. The number of carbonyl (C=O) groups is 6. The second kappa shape index (κ2) is 13.5. The van der Waals surface area contributed by atoms with Gasteiger partial charge >= 0.3 is 29.8 Å². The van der Waals surface area contributed by atoms with Gasteiger partial charge in [-0.1, -0.05) is 0 Å². The first-order valence-electron chi connectivity index (χ1n) is 11.1. The van der Waals surface area contributed by atoms with Gasteiger partial charge < -0.3 is 34.1 Å².